The van der Waals surface area contributed by atoms with Crippen LogP contribution in [0.4, 0.5) is 13.2 Å². The fourth-order valence-electron chi connectivity index (χ4n) is 3.07. The molecule has 0 spiro atoms. The van der Waals surface area contributed by atoms with Crippen molar-refractivity contribution in [2.75, 3.05) is 13.1 Å². The van der Waals surface area contributed by atoms with Crippen LogP contribution in [0.15, 0.2) is 42.5 Å². The third-order valence-corrected chi connectivity index (χ3v) is 4.84. The largest absolute Gasteiger partial charge is 0.508 e. The molecule has 1 amide bonds. The number of phenols is 3. The molecule has 0 aliphatic carbocycles. The van der Waals surface area contributed by atoms with Gasteiger partial charge in [-0.1, -0.05) is 6.07 Å². The lowest BCUT2D eigenvalue weighted by Crippen LogP contribution is -2.49. The number of hydrogen-bond acceptors (Lipinski definition) is 8. The molecule has 2 aromatic rings. The van der Waals surface area contributed by atoms with Gasteiger partial charge in [-0.15, -0.1) is 0 Å². The monoisotopic (exact) mass is 500 g/mol. The number of ether oxygens (including phenoxy) is 1. The second kappa shape index (κ2) is 11.9. The molecule has 0 aromatic heterocycles. The number of rotatable bonds is 4. The lowest BCUT2D eigenvalue weighted by Gasteiger charge is -2.26. The molecule has 1 heterocycles. The molecule has 190 valence electrons. The summed E-state index contributed by atoms with van der Waals surface area (Å²) in [7, 11) is 0. The molecule has 35 heavy (non-hydrogen) atoms. The number of carbonyl (C=O) groups is 3. The maximum absolute atomic E-state index is 12.5. The van der Waals surface area contributed by atoms with E-state index in [2.05, 4.69) is 10.6 Å². The van der Waals surface area contributed by atoms with Crippen molar-refractivity contribution < 1.29 is 52.7 Å². The molecule has 10 nitrogen and oxygen atoms in total. The van der Waals surface area contributed by atoms with Gasteiger partial charge >= 0.3 is 18.1 Å². The van der Waals surface area contributed by atoms with Crippen molar-refractivity contribution in [1.82, 2.24) is 10.6 Å². The number of hydrogen-bond donors (Lipinski definition) is 6. The smallest absolute Gasteiger partial charge is 0.490 e. The first-order chi connectivity index (χ1) is 16.4. The van der Waals surface area contributed by atoms with Crippen LogP contribution in [0.5, 0.6) is 17.2 Å². The zero-order chi connectivity index (χ0) is 26.2. The zero-order valence-corrected chi connectivity index (χ0v) is 18.1. The normalized spacial score (nSPS) is 17.8. The van der Waals surface area contributed by atoms with Gasteiger partial charge in [0.15, 0.2) is 11.5 Å². The molecule has 0 bridgehead atoms. The lowest BCUT2D eigenvalue weighted by atomic mass is 10.1. The number of alkyl halides is 3. The van der Waals surface area contributed by atoms with Crippen LogP contribution >= 0.6 is 0 Å². The minimum atomic E-state index is -5.08. The molecule has 13 heteroatoms. The van der Waals surface area contributed by atoms with Crippen molar-refractivity contribution >= 4 is 17.8 Å². The van der Waals surface area contributed by atoms with Crippen molar-refractivity contribution in [3.05, 3.63) is 53.6 Å². The van der Waals surface area contributed by atoms with Gasteiger partial charge in [0.1, 0.15) is 17.4 Å². The first-order valence-corrected chi connectivity index (χ1v) is 10.2. The summed E-state index contributed by atoms with van der Waals surface area (Å²) < 4.78 is 37.3. The highest BCUT2D eigenvalue weighted by molar-refractivity contribution is 5.95. The van der Waals surface area contributed by atoms with E-state index in [1.54, 1.807) is 0 Å². The third kappa shape index (κ3) is 8.07. The number of phenolic OH excluding ortho intramolecular Hbond substituents is 3. The molecule has 0 unspecified atom stereocenters. The number of para-hydroxylation sites is 1. The highest BCUT2D eigenvalue weighted by atomic mass is 19.4. The molecule has 1 aliphatic rings. The van der Waals surface area contributed by atoms with Crippen LogP contribution in [0, 0.1) is 0 Å². The van der Waals surface area contributed by atoms with Crippen molar-refractivity contribution in [2.45, 2.75) is 31.2 Å². The van der Waals surface area contributed by atoms with Crippen molar-refractivity contribution in [3.63, 3.8) is 0 Å². The summed E-state index contributed by atoms with van der Waals surface area (Å²) in [5.41, 5.74) is 0.235. The quantitative estimate of drug-likeness (QED) is 0.272. The second-order valence-corrected chi connectivity index (χ2v) is 7.39. The fraction of sp³-hybridized carbons (Fsp3) is 0.318. The molecule has 2 atom stereocenters. The van der Waals surface area contributed by atoms with E-state index in [4.69, 9.17) is 14.6 Å². The minimum absolute atomic E-state index is 0.0606. The Hall–Kier alpha value is -4.00. The number of nitrogens with one attached hydrogen (secondary N) is 2. The summed E-state index contributed by atoms with van der Waals surface area (Å²) in [6.07, 6.45) is -4.42. The Labute approximate surface area is 197 Å². The van der Waals surface area contributed by atoms with Gasteiger partial charge in [0.2, 0.25) is 0 Å². The number of carboxylic acid groups (broad SMARTS) is 1. The van der Waals surface area contributed by atoms with E-state index in [0.717, 1.165) is 13.0 Å². The van der Waals surface area contributed by atoms with E-state index in [9.17, 15) is 38.1 Å². The molecule has 1 aliphatic heterocycles. The SMILES string of the molecule is O=C(N[C@@H]1CNCCC[C@H]1OC(=O)c1cccc(O)c1O)c1ccc(O)cc1.O=C(O)C(F)(F)F. The summed E-state index contributed by atoms with van der Waals surface area (Å²) in [4.78, 5) is 33.9. The van der Waals surface area contributed by atoms with E-state index in [1.807, 2.05) is 0 Å². The van der Waals surface area contributed by atoms with Gasteiger partial charge in [-0.2, -0.15) is 13.2 Å². The van der Waals surface area contributed by atoms with Gasteiger partial charge in [-0.3, -0.25) is 4.79 Å². The number of aliphatic carboxylic acids is 1. The highest BCUT2D eigenvalue weighted by Gasteiger charge is 2.38. The van der Waals surface area contributed by atoms with Crippen LogP contribution in [-0.2, 0) is 9.53 Å². The van der Waals surface area contributed by atoms with Crippen LogP contribution in [0.3, 0.4) is 0 Å². The van der Waals surface area contributed by atoms with E-state index in [1.165, 1.54) is 42.5 Å². The summed E-state index contributed by atoms with van der Waals surface area (Å²) in [5, 5.41) is 42.0. The summed E-state index contributed by atoms with van der Waals surface area (Å²) in [5.74, 6) is -4.77. The van der Waals surface area contributed by atoms with Gasteiger partial charge in [-0.05, 0) is 55.8 Å². The average molecular weight is 500 g/mol. The molecular formula is C22H23F3N2O8. The Morgan fingerprint density at radius 3 is 2.26 bits per heavy atom. The Morgan fingerprint density at radius 1 is 1.03 bits per heavy atom. The molecule has 1 saturated heterocycles. The van der Waals surface area contributed by atoms with Crippen LogP contribution in [0.2, 0.25) is 0 Å². The lowest BCUT2D eigenvalue weighted by molar-refractivity contribution is -0.192. The van der Waals surface area contributed by atoms with Gasteiger partial charge in [0, 0.05) is 12.1 Å². The molecule has 1 fully saturated rings. The summed E-state index contributed by atoms with van der Waals surface area (Å²) >= 11 is 0. The van der Waals surface area contributed by atoms with E-state index >= 15 is 0 Å². The molecule has 6 N–H and O–H groups in total. The number of aromatic hydroxyl groups is 3. The minimum Gasteiger partial charge on any atom is -0.508 e. The Bertz CT molecular complexity index is 1040. The maximum atomic E-state index is 12.5. The van der Waals surface area contributed by atoms with Gasteiger partial charge in [0.05, 0.1) is 6.04 Å². The first-order valence-electron chi connectivity index (χ1n) is 10.2. The first kappa shape index (κ1) is 27.2. The molecular weight excluding hydrogens is 477 g/mol. The van der Waals surface area contributed by atoms with Gasteiger partial charge in [0.25, 0.3) is 5.91 Å². The third-order valence-electron chi connectivity index (χ3n) is 4.84. The van der Waals surface area contributed by atoms with E-state index < -0.39 is 41.8 Å². The van der Waals surface area contributed by atoms with Crippen LogP contribution in [0.25, 0.3) is 0 Å². The Kier molecular flexibility index (Phi) is 9.28. The topological polar surface area (TPSA) is 165 Å². The molecule has 0 radical (unpaired) electrons. The van der Waals surface area contributed by atoms with Gasteiger partial charge in [-0.25, -0.2) is 9.59 Å². The fourth-order valence-corrected chi connectivity index (χ4v) is 3.07. The van der Waals surface area contributed by atoms with E-state index in [0.29, 0.717) is 18.5 Å². The zero-order valence-electron chi connectivity index (χ0n) is 18.1. The Morgan fingerprint density at radius 2 is 1.66 bits per heavy atom. The number of benzene rings is 2. The number of carboxylic acids is 1. The van der Waals surface area contributed by atoms with Crippen LogP contribution in [0.1, 0.15) is 33.6 Å². The summed E-state index contributed by atoms with van der Waals surface area (Å²) in [6, 6.07) is 9.42. The standard InChI is InChI=1S/C20H22N2O6.C2HF3O2/c23-13-8-6-12(7-9-13)19(26)22-15-11-21-10-2-5-17(15)28-20(27)14-3-1-4-16(24)18(14)25;3-2(4,5)1(6)7/h1,3-4,6-9,15,17,21,23-25H,2,5,10-11H2,(H,22,26);(H,6,7)/t15-,17-;/m1./s1. The summed E-state index contributed by atoms with van der Waals surface area (Å²) in [6.45, 7) is 1.13. The number of carbonyl (C=O) groups excluding carboxylic acids is 2. The van der Waals surface area contributed by atoms with Crippen molar-refractivity contribution in [2.24, 2.45) is 0 Å². The van der Waals surface area contributed by atoms with Crippen molar-refractivity contribution in [3.8, 4) is 17.2 Å². The maximum Gasteiger partial charge on any atom is 0.490 e. The van der Waals surface area contributed by atoms with Crippen molar-refractivity contribution in [1.29, 1.82) is 0 Å². The number of amides is 1. The number of esters is 1. The molecule has 3 rings (SSSR count). The molecule has 0 saturated carbocycles. The second-order valence-electron chi connectivity index (χ2n) is 7.39. The predicted molar refractivity (Wildman–Crippen MR) is 114 cm³/mol. The highest BCUT2D eigenvalue weighted by Crippen LogP contribution is 2.29. The average Bonchev–Trinajstić information content (AvgIpc) is 3.00. The Balaban J connectivity index is 0.000000540. The molecule has 2 aromatic carbocycles. The predicted octanol–water partition coefficient (Wildman–Crippen LogP) is 2.14. The van der Waals surface area contributed by atoms with Crippen LogP contribution in [-0.4, -0.2) is 69.7 Å². The van der Waals surface area contributed by atoms with E-state index in [-0.39, 0.29) is 17.2 Å². The van der Waals surface area contributed by atoms with Gasteiger partial charge < -0.3 is 35.8 Å². The van der Waals surface area contributed by atoms with Crippen LogP contribution < -0.4 is 10.6 Å². The number of halogens is 3.